The molecule has 1 atom stereocenters. The lowest BCUT2D eigenvalue weighted by molar-refractivity contribution is -0.115. The molecular formula is C28H31N3O3. The second-order valence-electron chi connectivity index (χ2n) is 8.81. The Morgan fingerprint density at radius 2 is 1.97 bits per heavy atom. The van der Waals surface area contributed by atoms with E-state index in [1.807, 2.05) is 62.5 Å². The van der Waals surface area contributed by atoms with Gasteiger partial charge in [0.1, 0.15) is 5.76 Å². The molecule has 0 bridgehead atoms. The molecule has 6 heteroatoms. The number of aromatic nitrogens is 2. The Morgan fingerprint density at radius 1 is 1.18 bits per heavy atom. The Balaban J connectivity index is 1.70. The maximum absolute atomic E-state index is 13.5. The largest absolute Gasteiger partial charge is 0.496 e. The smallest absolute Gasteiger partial charge is 0.254 e. The highest BCUT2D eigenvalue weighted by molar-refractivity contribution is 6.09. The summed E-state index contributed by atoms with van der Waals surface area (Å²) in [5, 5.41) is 3.88. The van der Waals surface area contributed by atoms with Crippen molar-refractivity contribution < 1.29 is 14.3 Å². The van der Waals surface area contributed by atoms with E-state index in [-0.39, 0.29) is 24.3 Å². The van der Waals surface area contributed by atoms with E-state index in [2.05, 4.69) is 21.8 Å². The molecular weight excluding hydrogens is 426 g/mol. The molecule has 1 aromatic carbocycles. The lowest BCUT2D eigenvalue weighted by Crippen LogP contribution is -2.29. The van der Waals surface area contributed by atoms with Crippen LogP contribution in [0.25, 0.3) is 10.9 Å². The van der Waals surface area contributed by atoms with Crippen LogP contribution >= 0.6 is 0 Å². The van der Waals surface area contributed by atoms with E-state index in [0.717, 1.165) is 40.6 Å². The van der Waals surface area contributed by atoms with Gasteiger partial charge in [0.15, 0.2) is 5.78 Å². The van der Waals surface area contributed by atoms with Gasteiger partial charge in [-0.3, -0.25) is 14.6 Å². The van der Waals surface area contributed by atoms with Crippen molar-refractivity contribution >= 4 is 22.6 Å². The number of amides is 1. The monoisotopic (exact) mass is 457 g/mol. The minimum atomic E-state index is -0.204. The van der Waals surface area contributed by atoms with E-state index in [1.165, 1.54) is 0 Å². The van der Waals surface area contributed by atoms with E-state index in [1.54, 1.807) is 13.3 Å². The molecule has 0 radical (unpaired) electrons. The highest BCUT2D eigenvalue weighted by Crippen LogP contribution is 2.31. The number of ether oxygens (including phenoxy) is 1. The number of carbonyl (C=O) groups is 2. The molecule has 0 fully saturated rings. The van der Waals surface area contributed by atoms with Crippen molar-refractivity contribution in [2.75, 3.05) is 13.7 Å². The van der Waals surface area contributed by atoms with Gasteiger partial charge in [0, 0.05) is 35.4 Å². The van der Waals surface area contributed by atoms with E-state index >= 15 is 0 Å². The number of Topliss-reactive ketones (excluding diaryl/α,β-unsaturated/α-hetero) is 1. The van der Waals surface area contributed by atoms with Gasteiger partial charge in [-0.1, -0.05) is 29.8 Å². The van der Waals surface area contributed by atoms with E-state index in [9.17, 15) is 9.59 Å². The molecule has 6 nitrogen and oxygen atoms in total. The molecule has 34 heavy (non-hydrogen) atoms. The molecule has 1 aliphatic rings. The topological polar surface area (TPSA) is 73.2 Å². The summed E-state index contributed by atoms with van der Waals surface area (Å²) >= 11 is 0. The van der Waals surface area contributed by atoms with Crippen molar-refractivity contribution in [2.24, 2.45) is 0 Å². The third-order valence-corrected chi connectivity index (χ3v) is 6.57. The number of pyridine rings is 1. The Bertz CT molecular complexity index is 1280. The van der Waals surface area contributed by atoms with Crippen LogP contribution in [-0.2, 0) is 9.53 Å². The highest BCUT2D eigenvalue weighted by atomic mass is 16.5. The van der Waals surface area contributed by atoms with Gasteiger partial charge in [0.25, 0.3) is 5.91 Å². The van der Waals surface area contributed by atoms with Crippen LogP contribution in [0.1, 0.15) is 60.8 Å². The van der Waals surface area contributed by atoms with Crippen molar-refractivity contribution in [3.63, 3.8) is 0 Å². The fourth-order valence-corrected chi connectivity index (χ4v) is 4.77. The number of para-hydroxylation sites is 1. The molecule has 0 saturated carbocycles. The molecule has 2 heterocycles. The fourth-order valence-electron chi connectivity index (χ4n) is 4.77. The van der Waals surface area contributed by atoms with E-state index in [4.69, 9.17) is 4.74 Å². The summed E-state index contributed by atoms with van der Waals surface area (Å²) in [4.78, 5) is 30.5. The number of nitrogens with zero attached hydrogens (tertiary/aromatic N) is 2. The van der Waals surface area contributed by atoms with Crippen molar-refractivity contribution in [3.05, 3.63) is 88.6 Å². The van der Waals surface area contributed by atoms with Crippen LogP contribution in [0.4, 0.5) is 0 Å². The van der Waals surface area contributed by atoms with Crippen LogP contribution in [0, 0.1) is 6.92 Å². The Kier molecular flexibility index (Phi) is 6.96. The number of rotatable bonds is 6. The Morgan fingerprint density at radius 3 is 2.71 bits per heavy atom. The van der Waals surface area contributed by atoms with Crippen LogP contribution in [-0.4, -0.2) is 34.9 Å². The van der Waals surface area contributed by atoms with Gasteiger partial charge < -0.3 is 14.6 Å². The van der Waals surface area contributed by atoms with Gasteiger partial charge in [-0.15, -0.1) is 0 Å². The summed E-state index contributed by atoms with van der Waals surface area (Å²) in [5.41, 5.74) is 5.22. The predicted octanol–water partition coefficient (Wildman–Crippen LogP) is 5.28. The van der Waals surface area contributed by atoms with Gasteiger partial charge in [0.2, 0.25) is 0 Å². The van der Waals surface area contributed by atoms with Crippen molar-refractivity contribution in [2.45, 2.75) is 46.1 Å². The first-order chi connectivity index (χ1) is 16.4. The molecule has 176 valence electrons. The fraction of sp³-hybridized carbons (Fsp3) is 0.321. The lowest BCUT2D eigenvalue weighted by Gasteiger charge is -2.18. The molecule has 1 unspecified atom stereocenters. The number of ketones is 1. The summed E-state index contributed by atoms with van der Waals surface area (Å²) in [6.07, 6.45) is 7.63. The van der Waals surface area contributed by atoms with Gasteiger partial charge >= 0.3 is 0 Å². The third kappa shape index (κ3) is 4.53. The number of nitrogens with one attached hydrogen (secondary N) is 1. The molecule has 1 aliphatic carbocycles. The van der Waals surface area contributed by atoms with Gasteiger partial charge in [-0.25, -0.2) is 0 Å². The number of allylic oxidation sites excluding steroid dienone is 2. The van der Waals surface area contributed by atoms with E-state index < -0.39 is 0 Å². The number of hydrogen-bond acceptors (Lipinski definition) is 4. The first-order valence-corrected chi connectivity index (χ1v) is 11.7. The Labute approximate surface area is 200 Å². The summed E-state index contributed by atoms with van der Waals surface area (Å²) in [7, 11) is 1.56. The lowest BCUT2D eigenvalue weighted by atomic mass is 9.97. The second kappa shape index (κ2) is 10.1. The first-order valence-electron chi connectivity index (χ1n) is 11.7. The maximum Gasteiger partial charge on any atom is 0.254 e. The highest BCUT2D eigenvalue weighted by Gasteiger charge is 2.24. The Hall–Kier alpha value is -3.67. The normalized spacial score (nSPS) is 15.5. The molecule has 0 spiro atoms. The van der Waals surface area contributed by atoms with Crippen molar-refractivity contribution in [3.8, 4) is 0 Å². The molecule has 0 saturated heterocycles. The van der Waals surface area contributed by atoms with Crippen LogP contribution in [0.15, 0.2) is 71.8 Å². The molecule has 1 amide bonds. The number of carbonyl (C=O) groups excluding carboxylic acids is 2. The number of hydrogen-bond donors (Lipinski definition) is 1. The maximum atomic E-state index is 13.5. The third-order valence-electron chi connectivity index (χ3n) is 6.57. The van der Waals surface area contributed by atoms with Crippen LogP contribution in [0.3, 0.4) is 0 Å². The predicted molar refractivity (Wildman–Crippen MR) is 134 cm³/mol. The van der Waals surface area contributed by atoms with Gasteiger partial charge in [-0.05, 0) is 57.4 Å². The zero-order chi connectivity index (χ0) is 24.2. The van der Waals surface area contributed by atoms with Crippen LogP contribution in [0.5, 0.6) is 0 Å². The zero-order valence-electron chi connectivity index (χ0n) is 20.2. The van der Waals surface area contributed by atoms with Gasteiger partial charge in [0.05, 0.1) is 30.8 Å². The number of fused-ring (bicyclic) bond motifs is 1. The number of benzene rings is 1. The molecule has 0 aliphatic heterocycles. The summed E-state index contributed by atoms with van der Waals surface area (Å²) < 4.78 is 7.69. The summed E-state index contributed by atoms with van der Waals surface area (Å²) in [6, 6.07) is 11.9. The molecule has 2 aromatic heterocycles. The standard InChI is InChI=1S/C28H31N3O3/c1-18-9-7-13-25(32)23(26(15-18)34-4)17-30-28(33)27-20(3)31(24-12-6-5-11-22(24)27)19(2)21-10-8-14-29-16-21/h5-6,8,10-12,14-16,19H,7,9,13,17H2,1-4H3,(H,30,33). The minimum absolute atomic E-state index is 0.00301. The number of methoxy groups -OCH3 is 1. The van der Waals surface area contributed by atoms with Crippen molar-refractivity contribution in [1.29, 1.82) is 0 Å². The molecule has 4 rings (SSSR count). The summed E-state index contributed by atoms with van der Waals surface area (Å²) in [5.74, 6) is 0.349. The quantitative estimate of drug-likeness (QED) is 0.546. The van der Waals surface area contributed by atoms with Gasteiger partial charge in [-0.2, -0.15) is 0 Å². The molecule has 1 N–H and O–H groups in total. The van der Waals surface area contributed by atoms with Crippen LogP contribution in [0.2, 0.25) is 0 Å². The summed E-state index contributed by atoms with van der Waals surface area (Å²) in [6.45, 7) is 6.23. The average Bonchev–Trinajstić information content (AvgIpc) is 3.14. The van der Waals surface area contributed by atoms with Crippen LogP contribution < -0.4 is 5.32 Å². The van der Waals surface area contributed by atoms with Crippen molar-refractivity contribution in [1.82, 2.24) is 14.9 Å². The first kappa shape index (κ1) is 23.5. The molecule has 3 aromatic rings. The van der Waals surface area contributed by atoms with E-state index in [0.29, 0.717) is 23.3 Å². The zero-order valence-corrected chi connectivity index (χ0v) is 20.2. The second-order valence-corrected chi connectivity index (χ2v) is 8.81. The minimum Gasteiger partial charge on any atom is -0.496 e. The average molecular weight is 458 g/mol. The SMILES string of the molecule is COC1=C(CNC(=O)c2c(C)n(C(C)c3cccnc3)c3ccccc23)C(=O)CCCC(C)=C1.